The number of carbonyl (C=O) groups excluding carboxylic acids is 1. The molecule has 98 valence electrons. The lowest BCUT2D eigenvalue weighted by atomic mass is 9.68. The quantitative estimate of drug-likeness (QED) is 0.792. The first kappa shape index (κ1) is 13.0. The maximum atomic E-state index is 11.9. The number of nitrogens with zero attached hydrogens (tertiary/aromatic N) is 1. The van der Waals surface area contributed by atoms with Crippen molar-refractivity contribution in [1.29, 1.82) is 0 Å². The molecule has 0 radical (unpaired) electrons. The average Bonchev–Trinajstić information content (AvgIpc) is 2.34. The molecule has 1 heterocycles. The fraction of sp³-hybridized carbons (Fsp3) is 0.571. The molecule has 0 aliphatic heterocycles. The van der Waals surface area contributed by atoms with Crippen molar-refractivity contribution in [3.8, 4) is 0 Å². The Morgan fingerprint density at radius 2 is 2.06 bits per heavy atom. The molecule has 18 heavy (non-hydrogen) atoms. The summed E-state index contributed by atoms with van der Waals surface area (Å²) in [5.41, 5.74) is 1.31. The molecule has 1 fully saturated rings. The minimum atomic E-state index is 0.101. The number of carbonyl (C=O) groups is 1. The van der Waals surface area contributed by atoms with Crippen molar-refractivity contribution in [3.05, 3.63) is 30.1 Å². The van der Waals surface area contributed by atoms with Crippen LogP contribution in [0.15, 0.2) is 24.5 Å². The molecule has 1 aliphatic carbocycles. The van der Waals surface area contributed by atoms with Crippen molar-refractivity contribution in [2.24, 2.45) is 5.41 Å². The van der Waals surface area contributed by atoms with Gasteiger partial charge >= 0.3 is 0 Å². The summed E-state index contributed by atoms with van der Waals surface area (Å²) in [7, 11) is 1.97. The normalized spacial score (nSPS) is 16.9. The van der Waals surface area contributed by atoms with Crippen LogP contribution in [0.4, 0.5) is 0 Å². The van der Waals surface area contributed by atoms with E-state index in [0.717, 1.165) is 18.7 Å². The van der Waals surface area contributed by atoms with Gasteiger partial charge in [-0.15, -0.1) is 0 Å². The number of pyridine rings is 1. The summed E-state index contributed by atoms with van der Waals surface area (Å²) in [5, 5.41) is 6.28. The molecular weight excluding hydrogens is 226 g/mol. The van der Waals surface area contributed by atoms with Gasteiger partial charge in [0.15, 0.2) is 0 Å². The zero-order chi connectivity index (χ0) is 12.8. The zero-order valence-electron chi connectivity index (χ0n) is 10.9. The van der Waals surface area contributed by atoms with E-state index in [4.69, 9.17) is 0 Å². The van der Waals surface area contributed by atoms with E-state index in [1.807, 2.05) is 19.2 Å². The second kappa shape index (κ2) is 5.96. The van der Waals surface area contributed by atoms with Crippen LogP contribution in [0.2, 0.25) is 0 Å². The molecule has 0 saturated heterocycles. The Bertz CT molecular complexity index is 387. The van der Waals surface area contributed by atoms with Crippen LogP contribution in [-0.4, -0.2) is 31.0 Å². The van der Waals surface area contributed by atoms with Gasteiger partial charge in [0.1, 0.15) is 0 Å². The Kier molecular flexibility index (Phi) is 4.31. The number of amides is 1. The van der Waals surface area contributed by atoms with E-state index in [0.29, 0.717) is 11.8 Å². The summed E-state index contributed by atoms with van der Waals surface area (Å²) >= 11 is 0. The van der Waals surface area contributed by atoms with Crippen LogP contribution in [0.1, 0.15) is 24.8 Å². The van der Waals surface area contributed by atoms with E-state index in [9.17, 15) is 4.79 Å². The van der Waals surface area contributed by atoms with Crippen molar-refractivity contribution in [2.45, 2.75) is 25.7 Å². The fourth-order valence-corrected chi connectivity index (χ4v) is 2.50. The van der Waals surface area contributed by atoms with Crippen LogP contribution in [0, 0.1) is 5.41 Å². The number of rotatable bonds is 6. The third-order valence-electron chi connectivity index (χ3n) is 3.74. The van der Waals surface area contributed by atoms with Gasteiger partial charge in [0, 0.05) is 30.9 Å². The van der Waals surface area contributed by atoms with E-state index in [-0.39, 0.29) is 5.91 Å². The minimum absolute atomic E-state index is 0.101. The second-order valence-electron chi connectivity index (χ2n) is 5.19. The first-order valence-electron chi connectivity index (χ1n) is 6.54. The Labute approximate surface area is 108 Å². The molecule has 0 bridgehead atoms. The standard InChI is InChI=1S/C14H21N3O/c1-15-10-14(5-2-6-14)11-17-13(18)9-12-3-7-16-8-4-12/h3-4,7-8,15H,2,5-6,9-11H2,1H3,(H,17,18). The van der Waals surface area contributed by atoms with E-state index in [2.05, 4.69) is 15.6 Å². The molecule has 0 aromatic carbocycles. The lowest BCUT2D eigenvalue weighted by molar-refractivity contribution is -0.121. The smallest absolute Gasteiger partial charge is 0.224 e. The van der Waals surface area contributed by atoms with Crippen LogP contribution in [-0.2, 0) is 11.2 Å². The summed E-state index contributed by atoms with van der Waals surface area (Å²) in [6.45, 7) is 1.78. The summed E-state index contributed by atoms with van der Waals surface area (Å²) in [6.07, 6.45) is 7.58. The lowest BCUT2D eigenvalue weighted by Gasteiger charge is -2.42. The summed E-state index contributed by atoms with van der Waals surface area (Å²) < 4.78 is 0. The van der Waals surface area contributed by atoms with Crippen molar-refractivity contribution < 1.29 is 4.79 Å². The third kappa shape index (κ3) is 3.29. The van der Waals surface area contributed by atoms with Crippen molar-refractivity contribution in [3.63, 3.8) is 0 Å². The van der Waals surface area contributed by atoms with Gasteiger partial charge in [-0.1, -0.05) is 6.42 Å². The van der Waals surface area contributed by atoms with Crippen LogP contribution in [0.3, 0.4) is 0 Å². The Hall–Kier alpha value is -1.42. The first-order valence-corrected chi connectivity index (χ1v) is 6.54. The highest BCUT2D eigenvalue weighted by molar-refractivity contribution is 5.78. The second-order valence-corrected chi connectivity index (χ2v) is 5.19. The molecule has 1 amide bonds. The topological polar surface area (TPSA) is 54.0 Å². The Morgan fingerprint density at radius 1 is 1.33 bits per heavy atom. The minimum Gasteiger partial charge on any atom is -0.355 e. The van der Waals surface area contributed by atoms with Crippen LogP contribution >= 0.6 is 0 Å². The van der Waals surface area contributed by atoms with Gasteiger partial charge in [-0.25, -0.2) is 0 Å². The highest BCUT2D eigenvalue weighted by Crippen LogP contribution is 2.39. The number of hydrogen-bond donors (Lipinski definition) is 2. The highest BCUT2D eigenvalue weighted by Gasteiger charge is 2.36. The van der Waals surface area contributed by atoms with Crippen molar-refractivity contribution >= 4 is 5.91 Å². The number of nitrogens with one attached hydrogen (secondary N) is 2. The van der Waals surface area contributed by atoms with Gasteiger partial charge in [0.2, 0.25) is 5.91 Å². The fourth-order valence-electron chi connectivity index (χ4n) is 2.50. The van der Waals surface area contributed by atoms with Gasteiger partial charge in [-0.3, -0.25) is 9.78 Å². The monoisotopic (exact) mass is 247 g/mol. The van der Waals surface area contributed by atoms with Crippen molar-refractivity contribution in [2.75, 3.05) is 20.1 Å². The van der Waals surface area contributed by atoms with Gasteiger partial charge in [-0.2, -0.15) is 0 Å². The van der Waals surface area contributed by atoms with E-state index >= 15 is 0 Å². The zero-order valence-corrected chi connectivity index (χ0v) is 10.9. The molecule has 2 rings (SSSR count). The summed E-state index contributed by atoms with van der Waals surface area (Å²) in [4.78, 5) is 15.8. The summed E-state index contributed by atoms with van der Waals surface area (Å²) in [5.74, 6) is 0.101. The van der Waals surface area contributed by atoms with Crippen LogP contribution < -0.4 is 10.6 Å². The molecule has 2 N–H and O–H groups in total. The number of hydrogen-bond acceptors (Lipinski definition) is 3. The molecule has 1 aromatic rings. The molecule has 4 heteroatoms. The Balaban J connectivity index is 1.78. The SMILES string of the molecule is CNCC1(CNC(=O)Cc2ccncc2)CCC1. The van der Waals surface area contributed by atoms with Gasteiger partial charge < -0.3 is 10.6 Å². The predicted molar refractivity (Wildman–Crippen MR) is 71.2 cm³/mol. The molecule has 0 unspecified atom stereocenters. The largest absolute Gasteiger partial charge is 0.355 e. The molecule has 4 nitrogen and oxygen atoms in total. The predicted octanol–water partition coefficient (Wildman–Crippen LogP) is 1.13. The maximum Gasteiger partial charge on any atom is 0.224 e. The molecule has 1 aliphatic rings. The van der Waals surface area contributed by atoms with Gasteiger partial charge in [0.25, 0.3) is 0 Å². The van der Waals surface area contributed by atoms with Crippen LogP contribution in [0.5, 0.6) is 0 Å². The van der Waals surface area contributed by atoms with Gasteiger partial charge in [0.05, 0.1) is 6.42 Å². The molecule has 0 atom stereocenters. The lowest BCUT2D eigenvalue weighted by Crippen LogP contribution is -2.47. The molecule has 0 spiro atoms. The van der Waals surface area contributed by atoms with Crippen LogP contribution in [0.25, 0.3) is 0 Å². The highest BCUT2D eigenvalue weighted by atomic mass is 16.1. The average molecular weight is 247 g/mol. The molecule has 1 aromatic heterocycles. The van der Waals surface area contributed by atoms with Crippen molar-refractivity contribution in [1.82, 2.24) is 15.6 Å². The van der Waals surface area contributed by atoms with E-state index in [1.54, 1.807) is 12.4 Å². The number of aromatic nitrogens is 1. The first-order chi connectivity index (χ1) is 8.74. The third-order valence-corrected chi connectivity index (χ3v) is 3.74. The van der Waals surface area contributed by atoms with E-state index in [1.165, 1.54) is 19.3 Å². The Morgan fingerprint density at radius 3 is 2.61 bits per heavy atom. The maximum absolute atomic E-state index is 11.9. The van der Waals surface area contributed by atoms with Gasteiger partial charge in [-0.05, 0) is 37.6 Å². The molecular formula is C14H21N3O. The molecule has 1 saturated carbocycles. The van der Waals surface area contributed by atoms with E-state index < -0.39 is 0 Å². The summed E-state index contributed by atoms with van der Waals surface area (Å²) in [6, 6.07) is 3.76.